The number of rotatable bonds is 4. The van der Waals surface area contributed by atoms with E-state index in [4.69, 9.17) is 0 Å². The Hall–Kier alpha value is -2.43. The van der Waals surface area contributed by atoms with Gasteiger partial charge in [0, 0.05) is 18.9 Å². The number of benzene rings is 1. The summed E-state index contributed by atoms with van der Waals surface area (Å²) in [5.41, 5.74) is 1.48. The molecule has 1 heterocycles. The van der Waals surface area contributed by atoms with Crippen LogP contribution < -0.4 is 0 Å². The van der Waals surface area contributed by atoms with Crippen molar-refractivity contribution in [3.8, 4) is 0 Å². The van der Waals surface area contributed by atoms with E-state index in [1.54, 1.807) is 29.1 Å². The molecule has 2 aromatic rings. The van der Waals surface area contributed by atoms with E-state index in [-0.39, 0.29) is 5.97 Å². The molecule has 0 saturated carbocycles. The van der Waals surface area contributed by atoms with Crippen molar-refractivity contribution >= 4 is 12.3 Å². The van der Waals surface area contributed by atoms with Crippen LogP contribution in [0.5, 0.6) is 0 Å². The van der Waals surface area contributed by atoms with Crippen LogP contribution >= 0.6 is 0 Å². The Morgan fingerprint density at radius 2 is 2.11 bits per heavy atom. The minimum absolute atomic E-state index is 0.363. The van der Waals surface area contributed by atoms with Crippen LogP contribution in [0.3, 0.4) is 0 Å². The fourth-order valence-corrected chi connectivity index (χ4v) is 1.63. The quantitative estimate of drug-likeness (QED) is 0.604. The monoisotopic (exact) mass is 244 g/mol. The van der Waals surface area contributed by atoms with Crippen LogP contribution in [0.1, 0.15) is 26.5 Å². The Morgan fingerprint density at radius 3 is 2.72 bits per heavy atom. The molecule has 0 aliphatic rings. The Kier molecular flexibility index (Phi) is 3.52. The lowest BCUT2D eigenvalue weighted by Gasteiger charge is -2.05. The Bertz CT molecular complexity index is 558. The molecule has 5 heteroatoms. The third kappa shape index (κ3) is 2.45. The molecule has 18 heavy (non-hydrogen) atoms. The van der Waals surface area contributed by atoms with Gasteiger partial charge in [0.25, 0.3) is 0 Å². The standard InChI is InChI=1S/C13H12N2O3/c1-18-13(17)11-4-2-10(3-5-11)8-15-7-6-14-12(15)9-16/h2-7,9H,8H2,1H3. The molecule has 0 aliphatic heterocycles. The van der Waals surface area contributed by atoms with Crippen molar-refractivity contribution in [1.82, 2.24) is 9.55 Å². The molecule has 0 fully saturated rings. The summed E-state index contributed by atoms with van der Waals surface area (Å²) in [7, 11) is 1.35. The summed E-state index contributed by atoms with van der Waals surface area (Å²) in [5.74, 6) is 0.0183. The minimum Gasteiger partial charge on any atom is -0.465 e. The summed E-state index contributed by atoms with van der Waals surface area (Å²) >= 11 is 0. The molecule has 0 radical (unpaired) electrons. The zero-order valence-corrected chi connectivity index (χ0v) is 9.87. The fraction of sp³-hybridized carbons (Fsp3) is 0.154. The molecule has 2 rings (SSSR count). The first-order valence-electron chi connectivity index (χ1n) is 5.38. The maximum Gasteiger partial charge on any atom is 0.337 e. The normalized spacial score (nSPS) is 10.1. The molecule has 1 aromatic heterocycles. The van der Waals surface area contributed by atoms with Gasteiger partial charge >= 0.3 is 5.97 Å². The van der Waals surface area contributed by atoms with E-state index >= 15 is 0 Å². The number of hydrogen-bond donors (Lipinski definition) is 0. The zero-order chi connectivity index (χ0) is 13.0. The van der Waals surface area contributed by atoms with Gasteiger partial charge in [-0.1, -0.05) is 12.1 Å². The van der Waals surface area contributed by atoms with Gasteiger partial charge in [-0.05, 0) is 17.7 Å². The molecule has 0 bridgehead atoms. The molecule has 0 N–H and O–H groups in total. The highest BCUT2D eigenvalue weighted by atomic mass is 16.5. The Morgan fingerprint density at radius 1 is 1.39 bits per heavy atom. The average molecular weight is 244 g/mol. The van der Waals surface area contributed by atoms with Crippen LogP contribution in [-0.4, -0.2) is 28.9 Å². The van der Waals surface area contributed by atoms with Crippen LogP contribution in [0, 0.1) is 0 Å². The smallest absolute Gasteiger partial charge is 0.337 e. The van der Waals surface area contributed by atoms with Gasteiger partial charge < -0.3 is 9.30 Å². The van der Waals surface area contributed by atoms with E-state index in [2.05, 4.69) is 9.72 Å². The van der Waals surface area contributed by atoms with Gasteiger partial charge in [0.15, 0.2) is 12.1 Å². The fourth-order valence-electron chi connectivity index (χ4n) is 1.63. The first-order valence-corrected chi connectivity index (χ1v) is 5.38. The topological polar surface area (TPSA) is 61.2 Å². The van der Waals surface area contributed by atoms with Crippen LogP contribution in [0.2, 0.25) is 0 Å². The lowest BCUT2D eigenvalue weighted by molar-refractivity contribution is 0.0600. The molecule has 0 spiro atoms. The predicted octanol–water partition coefficient (Wildman–Crippen LogP) is 1.53. The predicted molar refractivity (Wildman–Crippen MR) is 64.5 cm³/mol. The van der Waals surface area contributed by atoms with Gasteiger partial charge in [0.2, 0.25) is 0 Å². The number of carbonyl (C=O) groups is 2. The number of esters is 1. The Labute approximate surface area is 104 Å². The summed E-state index contributed by atoms with van der Waals surface area (Å²) in [6.45, 7) is 0.537. The lowest BCUT2D eigenvalue weighted by atomic mass is 10.1. The average Bonchev–Trinajstić information content (AvgIpc) is 2.86. The van der Waals surface area contributed by atoms with Gasteiger partial charge in [-0.2, -0.15) is 0 Å². The molecule has 5 nitrogen and oxygen atoms in total. The van der Waals surface area contributed by atoms with Crippen molar-refractivity contribution in [2.75, 3.05) is 7.11 Å². The number of nitrogens with zero attached hydrogens (tertiary/aromatic N) is 2. The van der Waals surface area contributed by atoms with E-state index in [1.807, 2.05) is 12.1 Å². The molecule has 1 aromatic carbocycles. The summed E-state index contributed by atoms with van der Waals surface area (Å²) in [4.78, 5) is 25.9. The van der Waals surface area contributed by atoms with Crippen molar-refractivity contribution in [3.05, 3.63) is 53.6 Å². The summed E-state index contributed by atoms with van der Waals surface area (Å²) in [6, 6.07) is 7.03. The number of aromatic nitrogens is 2. The first kappa shape index (κ1) is 12.0. The first-order chi connectivity index (χ1) is 8.74. The summed E-state index contributed by atoms with van der Waals surface area (Å²) < 4.78 is 6.35. The molecule has 92 valence electrons. The second-order valence-electron chi connectivity index (χ2n) is 3.72. The number of carbonyl (C=O) groups excluding carboxylic acids is 2. The number of aldehydes is 1. The number of ether oxygens (including phenoxy) is 1. The van der Waals surface area contributed by atoms with E-state index in [0.717, 1.165) is 5.56 Å². The highest BCUT2D eigenvalue weighted by Gasteiger charge is 2.05. The molecule has 0 aliphatic carbocycles. The van der Waals surface area contributed by atoms with Crippen molar-refractivity contribution in [2.45, 2.75) is 6.54 Å². The van der Waals surface area contributed by atoms with Gasteiger partial charge in [-0.3, -0.25) is 4.79 Å². The second kappa shape index (κ2) is 5.27. The van der Waals surface area contributed by atoms with Crippen molar-refractivity contribution in [3.63, 3.8) is 0 Å². The SMILES string of the molecule is COC(=O)c1ccc(Cn2ccnc2C=O)cc1. The maximum atomic E-state index is 11.3. The molecule has 0 saturated heterocycles. The van der Waals surface area contributed by atoms with Crippen LogP contribution in [0.25, 0.3) is 0 Å². The molecule has 0 amide bonds. The third-order valence-electron chi connectivity index (χ3n) is 2.58. The second-order valence-corrected chi connectivity index (χ2v) is 3.72. The lowest BCUT2D eigenvalue weighted by Crippen LogP contribution is -2.05. The molecule has 0 atom stereocenters. The molecular formula is C13H12N2O3. The number of methoxy groups -OCH3 is 1. The van der Waals surface area contributed by atoms with Crippen molar-refractivity contribution < 1.29 is 14.3 Å². The van der Waals surface area contributed by atoms with Crippen molar-refractivity contribution in [1.29, 1.82) is 0 Å². The number of hydrogen-bond acceptors (Lipinski definition) is 4. The van der Waals surface area contributed by atoms with E-state index < -0.39 is 0 Å². The molecule has 0 unspecified atom stereocenters. The number of imidazole rings is 1. The summed E-state index contributed by atoms with van der Waals surface area (Å²) in [6.07, 6.45) is 4.02. The maximum absolute atomic E-state index is 11.3. The van der Waals surface area contributed by atoms with Crippen LogP contribution in [-0.2, 0) is 11.3 Å². The van der Waals surface area contributed by atoms with E-state index in [0.29, 0.717) is 24.2 Å². The van der Waals surface area contributed by atoms with Gasteiger partial charge in [0.05, 0.1) is 12.7 Å². The van der Waals surface area contributed by atoms with E-state index in [1.165, 1.54) is 7.11 Å². The Balaban J connectivity index is 2.16. The summed E-state index contributed by atoms with van der Waals surface area (Å²) in [5, 5.41) is 0. The highest BCUT2D eigenvalue weighted by Crippen LogP contribution is 2.08. The van der Waals surface area contributed by atoms with Crippen LogP contribution in [0.15, 0.2) is 36.7 Å². The van der Waals surface area contributed by atoms with Gasteiger partial charge in [-0.25, -0.2) is 9.78 Å². The minimum atomic E-state index is -0.363. The van der Waals surface area contributed by atoms with E-state index in [9.17, 15) is 9.59 Å². The van der Waals surface area contributed by atoms with Crippen LogP contribution in [0.4, 0.5) is 0 Å². The highest BCUT2D eigenvalue weighted by molar-refractivity contribution is 5.89. The van der Waals surface area contributed by atoms with Gasteiger partial charge in [-0.15, -0.1) is 0 Å². The largest absolute Gasteiger partial charge is 0.465 e. The van der Waals surface area contributed by atoms with Gasteiger partial charge in [0.1, 0.15) is 0 Å². The zero-order valence-electron chi connectivity index (χ0n) is 9.87. The third-order valence-corrected chi connectivity index (χ3v) is 2.58. The van der Waals surface area contributed by atoms with Crippen molar-refractivity contribution in [2.24, 2.45) is 0 Å². The molecular weight excluding hydrogens is 232 g/mol.